The molecule has 0 aromatic heterocycles. The Morgan fingerprint density at radius 3 is 2.48 bits per heavy atom. The van der Waals surface area contributed by atoms with Crippen LogP contribution < -0.4 is 4.74 Å². The third kappa shape index (κ3) is 6.75. The molecule has 0 bridgehead atoms. The lowest BCUT2D eigenvalue weighted by molar-refractivity contribution is -0.141. The summed E-state index contributed by atoms with van der Waals surface area (Å²) in [5.41, 5.74) is 1.42. The third-order valence-corrected chi connectivity index (χ3v) is 7.27. The number of methoxy groups -OCH3 is 2. The van der Waals surface area contributed by atoms with E-state index in [4.69, 9.17) is 9.47 Å². The van der Waals surface area contributed by atoms with E-state index in [0.29, 0.717) is 6.42 Å². The number of aliphatic hydroxyl groups excluding tert-OH is 1. The van der Waals surface area contributed by atoms with E-state index in [1.165, 1.54) is 7.11 Å². The van der Waals surface area contributed by atoms with Gasteiger partial charge in [-0.1, -0.05) is 31.8 Å². The second-order valence-corrected chi connectivity index (χ2v) is 12.7. The monoisotopic (exact) mass is 338 g/mol. The number of aliphatic hydroxyl groups is 1. The average Bonchev–Trinajstić information content (AvgIpc) is 2.51. The molecule has 23 heavy (non-hydrogen) atoms. The molecule has 0 amide bonds. The Balaban J connectivity index is 2.88. The highest BCUT2D eigenvalue weighted by Crippen LogP contribution is 2.32. The van der Waals surface area contributed by atoms with Crippen LogP contribution in [-0.4, -0.2) is 40.0 Å². The molecule has 0 saturated carbocycles. The Kier molecular flexibility index (Phi) is 7.78. The van der Waals surface area contributed by atoms with Crippen molar-refractivity contribution >= 4 is 14.0 Å². The summed E-state index contributed by atoms with van der Waals surface area (Å²) in [7, 11) is 1.60. The lowest BCUT2D eigenvalue weighted by atomic mass is 9.91. The van der Waals surface area contributed by atoms with Gasteiger partial charge in [-0.15, -0.1) is 0 Å². The predicted octanol–water partition coefficient (Wildman–Crippen LogP) is 3.51. The number of hydrogen-bond acceptors (Lipinski definition) is 4. The van der Waals surface area contributed by atoms with Gasteiger partial charge in [0, 0.05) is 21.1 Å². The maximum absolute atomic E-state index is 11.8. The zero-order valence-electron chi connectivity index (χ0n) is 15.0. The molecule has 1 rings (SSSR count). The van der Waals surface area contributed by atoms with Gasteiger partial charge in [0.2, 0.25) is 0 Å². The summed E-state index contributed by atoms with van der Waals surface area (Å²) >= 11 is 0. The van der Waals surface area contributed by atoms with E-state index in [1.807, 2.05) is 18.2 Å². The highest BCUT2D eigenvalue weighted by Gasteiger charge is 2.29. The fourth-order valence-corrected chi connectivity index (χ4v) is 4.38. The van der Waals surface area contributed by atoms with Crippen LogP contribution in [0.5, 0.6) is 5.75 Å². The molecule has 0 radical (unpaired) electrons. The topological polar surface area (TPSA) is 55.8 Å². The van der Waals surface area contributed by atoms with Crippen LogP contribution in [0.25, 0.3) is 0 Å². The smallest absolute Gasteiger partial charge is 0.305 e. The van der Waals surface area contributed by atoms with Gasteiger partial charge in [0.1, 0.15) is 5.75 Å². The van der Waals surface area contributed by atoms with Crippen LogP contribution in [0.2, 0.25) is 25.2 Å². The molecule has 4 nitrogen and oxygen atoms in total. The Bertz CT molecular complexity index is 496. The first-order valence-corrected chi connectivity index (χ1v) is 11.7. The predicted molar refractivity (Wildman–Crippen MR) is 95.6 cm³/mol. The van der Waals surface area contributed by atoms with Gasteiger partial charge in [-0.2, -0.15) is 0 Å². The van der Waals surface area contributed by atoms with Crippen molar-refractivity contribution in [2.24, 2.45) is 5.92 Å². The zero-order valence-corrected chi connectivity index (χ0v) is 16.0. The Morgan fingerprint density at radius 2 is 1.96 bits per heavy atom. The van der Waals surface area contributed by atoms with Gasteiger partial charge in [0.05, 0.1) is 14.2 Å². The summed E-state index contributed by atoms with van der Waals surface area (Å²) in [5, 5.41) is 9.75. The molecule has 0 aliphatic heterocycles. The van der Waals surface area contributed by atoms with Gasteiger partial charge in [-0.25, -0.2) is 0 Å². The van der Waals surface area contributed by atoms with Gasteiger partial charge < -0.3 is 14.6 Å². The fourth-order valence-electron chi connectivity index (χ4n) is 2.79. The minimum atomic E-state index is -1.47. The van der Waals surface area contributed by atoms with Gasteiger partial charge in [0.25, 0.3) is 0 Å². The van der Waals surface area contributed by atoms with Crippen molar-refractivity contribution in [3.63, 3.8) is 0 Å². The number of carbonyl (C=O) groups excluding carboxylic acids is 1. The molecular weight excluding hydrogens is 308 g/mol. The summed E-state index contributed by atoms with van der Waals surface area (Å²) in [5.74, 6) is 0.798. The molecule has 130 valence electrons. The maximum Gasteiger partial charge on any atom is 0.305 e. The Morgan fingerprint density at radius 1 is 1.26 bits per heavy atom. The minimum Gasteiger partial charge on any atom is -0.497 e. The van der Waals surface area contributed by atoms with Crippen LogP contribution in [0.1, 0.15) is 18.4 Å². The molecule has 0 unspecified atom stereocenters. The van der Waals surface area contributed by atoms with E-state index in [9.17, 15) is 9.90 Å². The second kappa shape index (κ2) is 9.08. The fraction of sp³-hybridized carbons (Fsp3) is 0.611. The van der Waals surface area contributed by atoms with Crippen molar-refractivity contribution in [2.75, 3.05) is 20.8 Å². The summed E-state index contributed by atoms with van der Waals surface area (Å²) in [6.07, 6.45) is 2.01. The van der Waals surface area contributed by atoms with E-state index < -0.39 is 8.07 Å². The first-order valence-electron chi connectivity index (χ1n) is 8.10. The van der Waals surface area contributed by atoms with Gasteiger partial charge >= 0.3 is 5.97 Å². The SMILES string of the molecule is COC(=O)C[C@@H](Cc1cccc(OC)c1)C[C@@H](CO)[Si](C)(C)C. The first-order chi connectivity index (χ1) is 10.8. The minimum absolute atomic E-state index is 0.165. The molecular formula is C18H30O4Si. The summed E-state index contributed by atoms with van der Waals surface area (Å²) in [6, 6.07) is 7.94. The normalized spacial score (nSPS) is 14.2. The van der Waals surface area contributed by atoms with Crippen molar-refractivity contribution < 1.29 is 19.4 Å². The largest absolute Gasteiger partial charge is 0.497 e. The first kappa shape index (κ1) is 19.7. The summed E-state index contributed by atoms with van der Waals surface area (Å²) in [6.45, 7) is 6.96. The van der Waals surface area contributed by atoms with E-state index in [1.54, 1.807) is 7.11 Å². The van der Waals surface area contributed by atoms with Crippen molar-refractivity contribution in [1.29, 1.82) is 0 Å². The maximum atomic E-state index is 11.8. The molecule has 0 aliphatic carbocycles. The molecule has 0 aliphatic rings. The summed E-state index contributed by atoms with van der Waals surface area (Å²) in [4.78, 5) is 11.8. The number of rotatable bonds is 9. The van der Waals surface area contributed by atoms with E-state index >= 15 is 0 Å². The van der Waals surface area contributed by atoms with Gasteiger partial charge in [-0.05, 0) is 42.0 Å². The van der Waals surface area contributed by atoms with Crippen LogP contribution >= 0.6 is 0 Å². The number of ether oxygens (including phenoxy) is 2. The highest BCUT2D eigenvalue weighted by molar-refractivity contribution is 6.77. The van der Waals surface area contributed by atoms with Crippen molar-refractivity contribution in [2.45, 2.75) is 44.4 Å². The Labute approximate surface area is 140 Å². The second-order valence-electron chi connectivity index (χ2n) is 7.18. The molecule has 0 fully saturated rings. The number of hydrogen-bond donors (Lipinski definition) is 1. The number of benzene rings is 1. The van der Waals surface area contributed by atoms with E-state index in [-0.39, 0.29) is 24.0 Å². The van der Waals surface area contributed by atoms with Crippen LogP contribution in [-0.2, 0) is 16.0 Å². The lowest BCUT2D eigenvalue weighted by Gasteiger charge is -2.30. The molecule has 1 N–H and O–H groups in total. The highest BCUT2D eigenvalue weighted by atomic mass is 28.3. The van der Waals surface area contributed by atoms with Crippen LogP contribution in [0.4, 0.5) is 0 Å². The van der Waals surface area contributed by atoms with Gasteiger partial charge in [0.15, 0.2) is 0 Å². The van der Waals surface area contributed by atoms with E-state index in [2.05, 4.69) is 25.7 Å². The molecule has 1 aromatic rings. The van der Waals surface area contributed by atoms with Crippen molar-refractivity contribution in [3.05, 3.63) is 29.8 Å². The molecule has 0 heterocycles. The molecule has 2 atom stereocenters. The van der Waals surface area contributed by atoms with Gasteiger partial charge in [-0.3, -0.25) is 4.79 Å². The molecule has 1 aromatic carbocycles. The number of esters is 1. The van der Waals surface area contributed by atoms with Crippen LogP contribution in [0.3, 0.4) is 0 Å². The lowest BCUT2D eigenvalue weighted by Crippen LogP contribution is -2.33. The third-order valence-electron chi connectivity index (χ3n) is 4.40. The number of carbonyl (C=O) groups is 1. The van der Waals surface area contributed by atoms with E-state index in [0.717, 1.165) is 24.2 Å². The zero-order chi connectivity index (χ0) is 17.5. The van der Waals surface area contributed by atoms with Crippen LogP contribution in [0, 0.1) is 5.92 Å². The quantitative estimate of drug-likeness (QED) is 0.553. The average molecular weight is 339 g/mol. The molecule has 0 saturated heterocycles. The molecule has 0 spiro atoms. The Hall–Kier alpha value is -1.33. The summed E-state index contributed by atoms with van der Waals surface area (Å²) < 4.78 is 10.1. The molecule has 5 heteroatoms. The standard InChI is InChI=1S/C18H30O4Si/c1-21-16-8-6-7-14(10-16)9-15(12-18(20)22-2)11-17(13-19)23(3,4)5/h6-8,10,15,17,19H,9,11-13H2,1-5H3/t15-,17-/m0/s1. The van der Waals surface area contributed by atoms with Crippen molar-refractivity contribution in [3.8, 4) is 5.75 Å². The van der Waals surface area contributed by atoms with Crippen molar-refractivity contribution in [1.82, 2.24) is 0 Å². The van der Waals surface area contributed by atoms with Crippen LogP contribution in [0.15, 0.2) is 24.3 Å².